The lowest BCUT2D eigenvalue weighted by molar-refractivity contribution is -0.121. The molecule has 0 spiro atoms. The normalized spacial score (nSPS) is 18.2. The summed E-state index contributed by atoms with van der Waals surface area (Å²) in [6.45, 7) is 6.10. The van der Waals surface area contributed by atoms with E-state index in [4.69, 9.17) is 4.98 Å². The summed E-state index contributed by atoms with van der Waals surface area (Å²) in [7, 11) is 0. The Morgan fingerprint density at radius 1 is 1.36 bits per heavy atom. The molecular formula is C21H27N3O2S2. The average Bonchev–Trinajstić information content (AvgIpc) is 3.26. The third-order valence-corrected chi connectivity index (χ3v) is 7.98. The predicted octanol–water partition coefficient (Wildman–Crippen LogP) is 4.06. The van der Waals surface area contributed by atoms with Crippen LogP contribution in [0.25, 0.3) is 10.2 Å². The fourth-order valence-electron chi connectivity index (χ4n) is 4.22. The number of aromatic nitrogens is 2. The Labute approximate surface area is 173 Å². The zero-order chi connectivity index (χ0) is 19.7. The first-order valence-electron chi connectivity index (χ1n) is 10.2. The Bertz CT molecular complexity index is 957. The van der Waals surface area contributed by atoms with Crippen molar-refractivity contribution in [1.29, 1.82) is 0 Å². The van der Waals surface area contributed by atoms with Gasteiger partial charge >= 0.3 is 0 Å². The molecule has 1 amide bonds. The third kappa shape index (κ3) is 3.79. The van der Waals surface area contributed by atoms with Crippen LogP contribution in [0.15, 0.2) is 22.6 Å². The van der Waals surface area contributed by atoms with E-state index in [1.54, 1.807) is 22.0 Å². The number of hydrogen-bond acceptors (Lipinski definition) is 5. The van der Waals surface area contributed by atoms with Gasteiger partial charge in [-0.2, -0.15) is 0 Å². The molecule has 150 valence electrons. The molecule has 4 rings (SSSR count). The summed E-state index contributed by atoms with van der Waals surface area (Å²) in [5, 5.41) is 4.28. The molecule has 0 saturated heterocycles. The lowest BCUT2D eigenvalue weighted by Gasteiger charge is -2.24. The standard InChI is InChI=1S/C21H27N3O2S2/c1-3-12-24-20(26)17-15-10-7-11-16(15)28-19(17)23-21(24)27-13(2)18(25)22-14-8-5-4-6-9-14/h3,13-14H,1,4-12H2,2H3,(H,22,25)/t13-/m1/s1. The summed E-state index contributed by atoms with van der Waals surface area (Å²) in [5.41, 5.74) is 1.20. The van der Waals surface area contributed by atoms with Crippen molar-refractivity contribution in [3.05, 3.63) is 33.4 Å². The molecule has 2 aromatic rings. The van der Waals surface area contributed by atoms with Crippen LogP contribution in [-0.4, -0.2) is 26.8 Å². The van der Waals surface area contributed by atoms with E-state index in [1.165, 1.54) is 41.5 Å². The molecular weight excluding hydrogens is 390 g/mol. The minimum absolute atomic E-state index is 0.00619. The number of thioether (sulfide) groups is 1. The molecule has 0 aliphatic heterocycles. The van der Waals surface area contributed by atoms with E-state index in [2.05, 4.69) is 11.9 Å². The minimum atomic E-state index is -0.297. The van der Waals surface area contributed by atoms with Crippen LogP contribution in [0, 0.1) is 0 Å². The third-order valence-electron chi connectivity index (χ3n) is 5.70. The maximum Gasteiger partial charge on any atom is 0.263 e. The maximum absolute atomic E-state index is 13.2. The van der Waals surface area contributed by atoms with E-state index in [0.717, 1.165) is 42.3 Å². The summed E-state index contributed by atoms with van der Waals surface area (Å²) in [4.78, 5) is 32.8. The summed E-state index contributed by atoms with van der Waals surface area (Å²) in [5.74, 6) is 0.0325. The van der Waals surface area contributed by atoms with Crippen LogP contribution in [0.3, 0.4) is 0 Å². The SMILES string of the molecule is C=CCn1c(S[C@H](C)C(=O)NC2CCCCC2)nc2sc3c(c2c1=O)CCC3. The Kier molecular flexibility index (Phi) is 5.92. The first-order chi connectivity index (χ1) is 13.6. The van der Waals surface area contributed by atoms with Gasteiger partial charge in [-0.3, -0.25) is 14.2 Å². The highest BCUT2D eigenvalue weighted by Crippen LogP contribution is 2.36. The van der Waals surface area contributed by atoms with E-state index in [-0.39, 0.29) is 22.8 Å². The van der Waals surface area contributed by atoms with Gasteiger partial charge in [0, 0.05) is 17.5 Å². The number of hydrogen-bond donors (Lipinski definition) is 1. The fraction of sp³-hybridized carbons (Fsp3) is 0.571. The Hall–Kier alpha value is -1.60. The largest absolute Gasteiger partial charge is 0.352 e. The predicted molar refractivity (Wildman–Crippen MR) is 116 cm³/mol. The van der Waals surface area contributed by atoms with Gasteiger partial charge in [0.25, 0.3) is 5.56 Å². The Morgan fingerprint density at radius 3 is 2.89 bits per heavy atom. The molecule has 1 fully saturated rings. The van der Waals surface area contributed by atoms with E-state index in [0.29, 0.717) is 11.7 Å². The molecule has 5 nitrogen and oxygen atoms in total. The van der Waals surface area contributed by atoms with E-state index in [9.17, 15) is 9.59 Å². The highest BCUT2D eigenvalue weighted by molar-refractivity contribution is 8.00. The molecule has 7 heteroatoms. The van der Waals surface area contributed by atoms with Crippen molar-refractivity contribution in [2.75, 3.05) is 0 Å². The van der Waals surface area contributed by atoms with Crippen molar-refractivity contribution < 1.29 is 4.79 Å². The molecule has 2 aliphatic carbocycles. The van der Waals surface area contributed by atoms with Crippen LogP contribution in [0.2, 0.25) is 0 Å². The second-order valence-electron chi connectivity index (χ2n) is 7.74. The summed E-state index contributed by atoms with van der Waals surface area (Å²) >= 11 is 3.02. The van der Waals surface area contributed by atoms with Crippen LogP contribution in [0.1, 0.15) is 55.9 Å². The first kappa shape index (κ1) is 19.7. The molecule has 0 aromatic carbocycles. The molecule has 2 heterocycles. The zero-order valence-corrected chi connectivity index (χ0v) is 18.0. The summed E-state index contributed by atoms with van der Waals surface area (Å²) < 4.78 is 1.68. The number of thiophene rings is 1. The van der Waals surface area contributed by atoms with Crippen LogP contribution < -0.4 is 10.9 Å². The smallest absolute Gasteiger partial charge is 0.263 e. The number of amides is 1. The van der Waals surface area contributed by atoms with Crippen molar-refractivity contribution in [2.24, 2.45) is 0 Å². The monoisotopic (exact) mass is 417 g/mol. The lowest BCUT2D eigenvalue weighted by Crippen LogP contribution is -2.40. The molecule has 1 saturated carbocycles. The summed E-state index contributed by atoms with van der Waals surface area (Å²) in [6, 6.07) is 0.287. The van der Waals surface area contributed by atoms with Gasteiger partial charge in [0.15, 0.2) is 5.16 Å². The molecule has 1 N–H and O–H groups in total. The van der Waals surface area contributed by atoms with Gasteiger partial charge < -0.3 is 5.32 Å². The van der Waals surface area contributed by atoms with Crippen molar-refractivity contribution in [2.45, 2.75) is 81.3 Å². The number of carbonyl (C=O) groups excluding carboxylic acids is 1. The van der Waals surface area contributed by atoms with Crippen LogP contribution >= 0.6 is 23.1 Å². The minimum Gasteiger partial charge on any atom is -0.352 e. The van der Waals surface area contributed by atoms with Gasteiger partial charge in [-0.05, 0) is 44.6 Å². The molecule has 0 unspecified atom stereocenters. The average molecular weight is 418 g/mol. The topological polar surface area (TPSA) is 64.0 Å². The van der Waals surface area contributed by atoms with E-state index < -0.39 is 0 Å². The lowest BCUT2D eigenvalue weighted by atomic mass is 9.95. The quantitative estimate of drug-likeness (QED) is 0.437. The van der Waals surface area contributed by atoms with E-state index in [1.807, 2.05) is 6.92 Å². The molecule has 0 bridgehead atoms. The number of fused-ring (bicyclic) bond motifs is 3. The highest BCUT2D eigenvalue weighted by Gasteiger charge is 2.26. The van der Waals surface area contributed by atoms with Gasteiger partial charge in [0.2, 0.25) is 5.91 Å². The van der Waals surface area contributed by atoms with Crippen LogP contribution in [0.5, 0.6) is 0 Å². The van der Waals surface area contributed by atoms with Crippen molar-refractivity contribution in [3.63, 3.8) is 0 Å². The highest BCUT2D eigenvalue weighted by atomic mass is 32.2. The second kappa shape index (κ2) is 8.41. The van der Waals surface area contributed by atoms with Gasteiger partial charge in [0.05, 0.1) is 10.6 Å². The number of nitrogens with one attached hydrogen (secondary N) is 1. The molecule has 28 heavy (non-hydrogen) atoms. The number of carbonyl (C=O) groups is 1. The van der Waals surface area contributed by atoms with Crippen molar-refractivity contribution >= 4 is 39.2 Å². The second-order valence-corrected chi connectivity index (χ2v) is 10.1. The van der Waals surface area contributed by atoms with Crippen LogP contribution in [0.4, 0.5) is 0 Å². The van der Waals surface area contributed by atoms with Gasteiger partial charge in [-0.25, -0.2) is 4.98 Å². The Balaban J connectivity index is 1.60. The van der Waals surface area contributed by atoms with Crippen LogP contribution in [-0.2, 0) is 24.2 Å². The number of nitrogens with zero attached hydrogens (tertiary/aromatic N) is 2. The molecule has 0 radical (unpaired) electrons. The maximum atomic E-state index is 13.2. The van der Waals surface area contributed by atoms with E-state index >= 15 is 0 Å². The zero-order valence-electron chi connectivity index (χ0n) is 16.3. The molecule has 1 atom stereocenters. The van der Waals surface area contributed by atoms with Crippen molar-refractivity contribution in [1.82, 2.24) is 14.9 Å². The molecule has 2 aromatic heterocycles. The molecule has 2 aliphatic rings. The Morgan fingerprint density at radius 2 is 2.14 bits per heavy atom. The van der Waals surface area contributed by atoms with Gasteiger partial charge in [-0.15, -0.1) is 17.9 Å². The number of allylic oxidation sites excluding steroid dienone is 1. The fourth-order valence-corrected chi connectivity index (χ4v) is 6.44. The van der Waals surface area contributed by atoms with Gasteiger partial charge in [0.1, 0.15) is 4.83 Å². The first-order valence-corrected chi connectivity index (χ1v) is 11.9. The number of aryl methyl sites for hydroxylation is 2. The van der Waals surface area contributed by atoms with Gasteiger partial charge in [-0.1, -0.05) is 37.1 Å². The van der Waals surface area contributed by atoms with Crippen molar-refractivity contribution in [3.8, 4) is 0 Å². The summed E-state index contributed by atoms with van der Waals surface area (Å²) in [6.07, 6.45) is 10.6. The number of rotatable bonds is 6.